The van der Waals surface area contributed by atoms with Crippen LogP contribution < -0.4 is 10.1 Å². The molecule has 0 fully saturated rings. The fraction of sp³-hybridized carbons (Fsp3) is 0.562. The van der Waals surface area contributed by atoms with Gasteiger partial charge in [-0.25, -0.2) is 0 Å². The Morgan fingerprint density at radius 3 is 2.71 bits per heavy atom. The van der Waals surface area contributed by atoms with E-state index in [0.29, 0.717) is 0 Å². The number of halogens is 1. The van der Waals surface area contributed by atoms with Crippen LogP contribution in [-0.2, 0) is 4.79 Å². The number of hydrogen-bond acceptors (Lipinski definition) is 3. The molecule has 0 heterocycles. The second kappa shape index (κ2) is 7.80. The molecule has 1 aromatic carbocycles. The van der Waals surface area contributed by atoms with Gasteiger partial charge in [0.25, 0.3) is 0 Å². The van der Waals surface area contributed by atoms with Crippen LogP contribution in [0.1, 0.15) is 45.7 Å². The molecular weight excluding hydrogens is 334 g/mol. The number of benzene rings is 1. The Balaban J connectivity index is 2.89. The van der Waals surface area contributed by atoms with E-state index in [1.54, 1.807) is 13.8 Å². The number of carboxylic acid groups (broad SMARTS) is 1. The van der Waals surface area contributed by atoms with Crippen LogP contribution in [0.25, 0.3) is 0 Å². The van der Waals surface area contributed by atoms with Gasteiger partial charge in [0.15, 0.2) is 0 Å². The van der Waals surface area contributed by atoms with E-state index in [1.165, 1.54) is 0 Å². The summed E-state index contributed by atoms with van der Waals surface area (Å²) in [6.07, 6.45) is 1.06. The summed E-state index contributed by atoms with van der Waals surface area (Å²) in [7, 11) is 0. The average Bonchev–Trinajstić information content (AvgIpc) is 2.42. The Labute approximate surface area is 135 Å². The van der Waals surface area contributed by atoms with Crippen molar-refractivity contribution in [1.29, 1.82) is 0 Å². The maximum absolute atomic E-state index is 11.2. The zero-order valence-corrected chi connectivity index (χ0v) is 14.7. The Bertz CT molecular complexity index is 488. The molecule has 1 rings (SSSR count). The van der Waals surface area contributed by atoms with Gasteiger partial charge in [-0.3, -0.25) is 4.79 Å². The van der Waals surface area contributed by atoms with Crippen molar-refractivity contribution in [3.05, 3.63) is 28.2 Å². The van der Waals surface area contributed by atoms with Crippen LogP contribution in [0, 0.1) is 5.41 Å². The van der Waals surface area contributed by atoms with E-state index in [2.05, 4.69) is 35.1 Å². The lowest BCUT2D eigenvalue weighted by Gasteiger charge is -2.23. The second-order valence-corrected chi connectivity index (χ2v) is 6.75. The van der Waals surface area contributed by atoms with E-state index >= 15 is 0 Å². The van der Waals surface area contributed by atoms with E-state index in [-0.39, 0.29) is 12.6 Å². The van der Waals surface area contributed by atoms with Crippen molar-refractivity contribution in [2.24, 2.45) is 5.41 Å². The minimum atomic E-state index is -0.917. The first-order valence-electron chi connectivity index (χ1n) is 7.17. The lowest BCUT2D eigenvalue weighted by molar-refractivity contribution is -0.148. The summed E-state index contributed by atoms with van der Waals surface area (Å²) in [6.45, 7) is 8.57. The number of carboxylic acids is 1. The molecule has 4 nitrogen and oxygen atoms in total. The summed E-state index contributed by atoms with van der Waals surface area (Å²) in [5, 5.41) is 12.6. The molecule has 0 aliphatic rings. The highest BCUT2D eigenvalue weighted by Crippen LogP contribution is 2.30. The molecule has 0 saturated heterocycles. The Morgan fingerprint density at radius 1 is 1.48 bits per heavy atom. The standard InChI is InChI=1S/C16H24BrNO3/c1-5-8-18-11(2)13-7-6-12(17)9-14(13)21-10-16(3,4)15(19)20/h6-7,9,11,18H,5,8,10H2,1-4H3,(H,19,20). The Hall–Kier alpha value is -1.07. The Kier molecular flexibility index (Phi) is 6.68. The van der Waals surface area contributed by atoms with Gasteiger partial charge >= 0.3 is 5.97 Å². The van der Waals surface area contributed by atoms with Crippen molar-refractivity contribution >= 4 is 21.9 Å². The van der Waals surface area contributed by atoms with E-state index < -0.39 is 11.4 Å². The predicted molar refractivity (Wildman–Crippen MR) is 87.8 cm³/mol. The molecule has 5 heteroatoms. The number of nitrogens with one attached hydrogen (secondary N) is 1. The van der Waals surface area contributed by atoms with E-state index in [4.69, 9.17) is 9.84 Å². The summed E-state index contributed by atoms with van der Waals surface area (Å²) in [5.74, 6) is -0.147. The van der Waals surface area contributed by atoms with Gasteiger partial charge in [0.1, 0.15) is 12.4 Å². The lowest BCUT2D eigenvalue weighted by Crippen LogP contribution is -2.31. The summed E-state index contributed by atoms with van der Waals surface area (Å²) >= 11 is 3.43. The minimum absolute atomic E-state index is 0.131. The molecule has 0 bridgehead atoms. The van der Waals surface area contributed by atoms with Gasteiger partial charge in [-0.05, 0) is 45.9 Å². The molecule has 0 aromatic heterocycles. The summed E-state index contributed by atoms with van der Waals surface area (Å²) < 4.78 is 6.71. The molecule has 0 aliphatic carbocycles. The van der Waals surface area contributed by atoms with Crippen LogP contribution in [0.15, 0.2) is 22.7 Å². The van der Waals surface area contributed by atoms with Gasteiger partial charge in [-0.1, -0.05) is 28.9 Å². The molecule has 21 heavy (non-hydrogen) atoms. The first-order valence-corrected chi connectivity index (χ1v) is 7.96. The summed E-state index contributed by atoms with van der Waals surface area (Å²) in [5.41, 5.74) is 0.118. The normalized spacial score (nSPS) is 13.0. The molecular formula is C16H24BrNO3. The second-order valence-electron chi connectivity index (χ2n) is 5.84. The van der Waals surface area contributed by atoms with E-state index in [1.807, 2.05) is 18.2 Å². The highest BCUT2D eigenvalue weighted by molar-refractivity contribution is 9.10. The molecule has 0 aliphatic heterocycles. The number of aliphatic carboxylic acids is 1. The maximum atomic E-state index is 11.2. The highest BCUT2D eigenvalue weighted by atomic mass is 79.9. The molecule has 0 saturated carbocycles. The number of rotatable bonds is 8. The monoisotopic (exact) mass is 357 g/mol. The molecule has 1 unspecified atom stereocenters. The highest BCUT2D eigenvalue weighted by Gasteiger charge is 2.28. The van der Waals surface area contributed by atoms with Crippen molar-refractivity contribution in [2.75, 3.05) is 13.2 Å². The topological polar surface area (TPSA) is 58.6 Å². The van der Waals surface area contributed by atoms with Crippen molar-refractivity contribution in [3.63, 3.8) is 0 Å². The van der Waals surface area contributed by atoms with Crippen LogP contribution >= 0.6 is 15.9 Å². The average molecular weight is 358 g/mol. The van der Waals surface area contributed by atoms with Crippen LogP contribution in [0.5, 0.6) is 5.75 Å². The maximum Gasteiger partial charge on any atom is 0.312 e. The van der Waals surface area contributed by atoms with Crippen molar-refractivity contribution in [2.45, 2.75) is 40.2 Å². The minimum Gasteiger partial charge on any atom is -0.492 e. The first-order chi connectivity index (χ1) is 9.77. The van der Waals surface area contributed by atoms with Crippen LogP contribution in [0.2, 0.25) is 0 Å². The zero-order chi connectivity index (χ0) is 16.0. The van der Waals surface area contributed by atoms with Crippen LogP contribution in [0.3, 0.4) is 0 Å². The molecule has 118 valence electrons. The third-order valence-electron chi connectivity index (χ3n) is 3.31. The first kappa shape index (κ1) is 18.0. The van der Waals surface area contributed by atoms with E-state index in [0.717, 1.165) is 28.8 Å². The molecule has 1 aromatic rings. The molecule has 0 spiro atoms. The molecule has 1 atom stereocenters. The van der Waals surface area contributed by atoms with Gasteiger partial charge in [0.2, 0.25) is 0 Å². The molecule has 0 amide bonds. The summed E-state index contributed by atoms with van der Waals surface area (Å²) in [4.78, 5) is 11.2. The summed E-state index contributed by atoms with van der Waals surface area (Å²) in [6, 6.07) is 6.01. The van der Waals surface area contributed by atoms with Crippen molar-refractivity contribution < 1.29 is 14.6 Å². The Morgan fingerprint density at radius 2 is 2.14 bits per heavy atom. The van der Waals surface area contributed by atoms with Crippen molar-refractivity contribution in [3.8, 4) is 5.75 Å². The number of carbonyl (C=O) groups is 1. The predicted octanol–water partition coefficient (Wildman–Crippen LogP) is 4.00. The van der Waals surface area contributed by atoms with Gasteiger partial charge in [0, 0.05) is 16.1 Å². The van der Waals surface area contributed by atoms with Crippen LogP contribution in [0.4, 0.5) is 0 Å². The zero-order valence-electron chi connectivity index (χ0n) is 13.1. The van der Waals surface area contributed by atoms with Gasteiger partial charge in [-0.2, -0.15) is 0 Å². The molecule has 0 radical (unpaired) electrons. The third kappa shape index (κ3) is 5.32. The van der Waals surface area contributed by atoms with E-state index in [9.17, 15) is 4.79 Å². The fourth-order valence-electron chi connectivity index (χ4n) is 1.78. The smallest absolute Gasteiger partial charge is 0.312 e. The van der Waals surface area contributed by atoms with Crippen molar-refractivity contribution in [1.82, 2.24) is 5.32 Å². The quantitative estimate of drug-likeness (QED) is 0.738. The lowest BCUT2D eigenvalue weighted by atomic mass is 9.95. The van der Waals surface area contributed by atoms with Gasteiger partial charge < -0.3 is 15.2 Å². The SMILES string of the molecule is CCCNC(C)c1ccc(Br)cc1OCC(C)(C)C(=O)O. The third-order valence-corrected chi connectivity index (χ3v) is 3.80. The van der Waals surface area contributed by atoms with Crippen LogP contribution in [-0.4, -0.2) is 24.2 Å². The molecule has 2 N–H and O–H groups in total. The van der Waals surface area contributed by atoms with Gasteiger partial charge in [-0.15, -0.1) is 0 Å². The van der Waals surface area contributed by atoms with Gasteiger partial charge in [0.05, 0.1) is 5.41 Å². The number of ether oxygens (including phenoxy) is 1. The fourth-order valence-corrected chi connectivity index (χ4v) is 2.12. The largest absolute Gasteiger partial charge is 0.492 e. The number of hydrogen-bond donors (Lipinski definition) is 2.